The van der Waals surface area contributed by atoms with Gasteiger partial charge < -0.3 is 0 Å². The summed E-state index contributed by atoms with van der Waals surface area (Å²) in [5.41, 5.74) is -1.18. The van der Waals surface area contributed by atoms with Crippen molar-refractivity contribution in [2.45, 2.75) is 37.4 Å². The number of nitrogens with zero attached hydrogens (tertiary/aromatic N) is 2. The minimum Gasteiger partial charge on any atom is -0.278 e. The highest BCUT2D eigenvalue weighted by Gasteiger charge is 2.35. The molecule has 1 aromatic heterocycles. The van der Waals surface area contributed by atoms with Gasteiger partial charge in [0.1, 0.15) is 4.90 Å². The highest BCUT2D eigenvalue weighted by Crippen LogP contribution is 2.35. The Hall–Kier alpha value is -1.79. The first kappa shape index (κ1) is 21.9. The van der Waals surface area contributed by atoms with Crippen molar-refractivity contribution in [1.82, 2.24) is 9.78 Å². The maximum Gasteiger partial charge on any atom is 0.416 e. The van der Waals surface area contributed by atoms with E-state index >= 15 is 0 Å². The number of nitrogens with one attached hydrogen (secondary N) is 1. The van der Waals surface area contributed by atoms with E-state index in [1.807, 2.05) is 0 Å². The largest absolute Gasteiger partial charge is 0.416 e. The lowest BCUT2D eigenvalue weighted by molar-refractivity contribution is -0.137. The molecule has 3 rings (SSSR count). The third kappa shape index (κ3) is 4.38. The average Bonchev–Trinajstić information content (AvgIpc) is 3.07. The van der Waals surface area contributed by atoms with Crippen molar-refractivity contribution in [3.8, 4) is 0 Å². The molecule has 1 N–H and O–H groups in total. The fourth-order valence-corrected chi connectivity index (χ4v) is 6.72. The molecule has 1 aromatic carbocycles. The van der Waals surface area contributed by atoms with Gasteiger partial charge in [0.2, 0.25) is 0 Å². The monoisotopic (exact) mass is 471 g/mol. The van der Waals surface area contributed by atoms with Gasteiger partial charge in [-0.15, -0.1) is 0 Å². The predicted octanol–water partition coefficient (Wildman–Crippen LogP) is 3.33. The Bertz CT molecular complexity index is 1170. The average molecular weight is 472 g/mol. The molecule has 0 unspecified atom stereocenters. The molecule has 29 heavy (non-hydrogen) atoms. The van der Waals surface area contributed by atoms with Crippen molar-refractivity contribution in [1.29, 1.82) is 0 Å². The molecular formula is C16H17ClF3N3O4S2. The quantitative estimate of drug-likeness (QED) is 0.737. The fraction of sp³-hybridized carbons (Fsp3) is 0.438. The van der Waals surface area contributed by atoms with E-state index in [0.29, 0.717) is 12.5 Å². The van der Waals surface area contributed by atoms with Gasteiger partial charge in [0.15, 0.2) is 9.84 Å². The van der Waals surface area contributed by atoms with Gasteiger partial charge in [0.05, 0.1) is 45.2 Å². The SMILES string of the molecule is Cc1nn([C@@H]2CCS(=O)(=O)C2)c(C)c1S(=O)(=O)Nc1cc(C(F)(F)F)ccc1Cl. The van der Waals surface area contributed by atoms with E-state index in [4.69, 9.17) is 11.6 Å². The van der Waals surface area contributed by atoms with Gasteiger partial charge in [0, 0.05) is 0 Å². The van der Waals surface area contributed by atoms with Crippen LogP contribution in [0, 0.1) is 13.8 Å². The van der Waals surface area contributed by atoms with Crippen LogP contribution >= 0.6 is 11.6 Å². The molecular weight excluding hydrogens is 455 g/mol. The van der Waals surface area contributed by atoms with Crippen LogP contribution in [0.25, 0.3) is 0 Å². The summed E-state index contributed by atoms with van der Waals surface area (Å²) in [4.78, 5) is -0.227. The van der Waals surface area contributed by atoms with Crippen LogP contribution in [0.2, 0.25) is 5.02 Å². The number of aryl methyl sites for hydroxylation is 1. The second kappa shape index (κ2) is 7.17. The highest BCUT2D eigenvalue weighted by atomic mass is 35.5. The Morgan fingerprint density at radius 1 is 1.28 bits per heavy atom. The van der Waals surface area contributed by atoms with Gasteiger partial charge in [-0.05, 0) is 38.5 Å². The molecule has 0 radical (unpaired) electrons. The molecule has 1 aliphatic heterocycles. The van der Waals surface area contributed by atoms with E-state index in [2.05, 4.69) is 9.82 Å². The van der Waals surface area contributed by atoms with Gasteiger partial charge in [-0.25, -0.2) is 16.8 Å². The number of sulfone groups is 1. The lowest BCUT2D eigenvalue weighted by Crippen LogP contribution is -2.17. The Labute approximate surface area is 170 Å². The molecule has 0 bridgehead atoms. The Morgan fingerprint density at radius 3 is 2.48 bits per heavy atom. The molecule has 7 nitrogen and oxygen atoms in total. The molecule has 0 spiro atoms. The zero-order chi connectivity index (χ0) is 21.8. The third-order valence-electron chi connectivity index (χ3n) is 4.62. The number of sulfonamides is 1. The lowest BCUT2D eigenvalue weighted by atomic mass is 10.2. The van der Waals surface area contributed by atoms with E-state index in [1.54, 1.807) is 0 Å². The highest BCUT2D eigenvalue weighted by molar-refractivity contribution is 7.93. The molecule has 13 heteroatoms. The fourth-order valence-electron chi connectivity index (χ4n) is 3.34. The first-order valence-corrected chi connectivity index (χ1v) is 12.1. The van der Waals surface area contributed by atoms with Crippen LogP contribution in [-0.4, -0.2) is 38.1 Å². The first-order valence-electron chi connectivity index (χ1n) is 8.37. The number of anilines is 1. The van der Waals surface area contributed by atoms with E-state index in [-0.39, 0.29) is 32.8 Å². The van der Waals surface area contributed by atoms with Gasteiger partial charge in [0.25, 0.3) is 10.0 Å². The van der Waals surface area contributed by atoms with E-state index in [1.165, 1.54) is 18.5 Å². The second-order valence-electron chi connectivity index (χ2n) is 6.80. The summed E-state index contributed by atoms with van der Waals surface area (Å²) in [6, 6.07) is 1.81. The Morgan fingerprint density at radius 2 is 1.93 bits per heavy atom. The van der Waals surface area contributed by atoms with Crippen molar-refractivity contribution < 1.29 is 30.0 Å². The maximum absolute atomic E-state index is 12.9. The number of aromatic nitrogens is 2. The zero-order valence-corrected chi connectivity index (χ0v) is 17.7. The molecule has 1 aliphatic rings. The molecule has 160 valence electrons. The minimum absolute atomic E-state index is 0.0177. The first-order chi connectivity index (χ1) is 13.2. The van der Waals surface area contributed by atoms with Crippen molar-refractivity contribution >= 4 is 37.1 Å². The standard InChI is InChI=1S/C16H17ClF3N3O4S2/c1-9-15(10(2)23(21-9)12-5-6-28(24,25)8-12)29(26,27)22-14-7-11(16(18,19)20)3-4-13(14)17/h3-4,7,12,22H,5-6,8H2,1-2H3/t12-/m1/s1. The normalized spacial score (nSPS) is 19.4. The van der Waals surface area contributed by atoms with Crippen molar-refractivity contribution in [2.24, 2.45) is 0 Å². The van der Waals surface area contributed by atoms with Gasteiger partial charge in [-0.1, -0.05) is 11.6 Å². The van der Waals surface area contributed by atoms with Crippen molar-refractivity contribution in [3.63, 3.8) is 0 Å². The smallest absolute Gasteiger partial charge is 0.278 e. The van der Waals surface area contributed by atoms with Crippen LogP contribution in [0.5, 0.6) is 0 Å². The minimum atomic E-state index is -4.67. The lowest BCUT2D eigenvalue weighted by Gasteiger charge is -2.14. The molecule has 0 saturated carbocycles. The summed E-state index contributed by atoms with van der Waals surface area (Å²) in [5.74, 6) is -0.169. The van der Waals surface area contributed by atoms with E-state index < -0.39 is 43.3 Å². The van der Waals surface area contributed by atoms with Crippen molar-refractivity contribution in [2.75, 3.05) is 16.2 Å². The topological polar surface area (TPSA) is 98.1 Å². The Balaban J connectivity index is 1.99. The van der Waals surface area contributed by atoms with Gasteiger partial charge in [-0.3, -0.25) is 9.40 Å². The number of benzene rings is 1. The number of alkyl halides is 3. The number of halogens is 4. The van der Waals surface area contributed by atoms with E-state index in [0.717, 1.165) is 12.1 Å². The van der Waals surface area contributed by atoms with E-state index in [9.17, 15) is 30.0 Å². The maximum atomic E-state index is 12.9. The van der Waals surface area contributed by atoms with Crippen LogP contribution in [-0.2, 0) is 26.0 Å². The summed E-state index contributed by atoms with van der Waals surface area (Å²) < 4.78 is 91.5. The zero-order valence-electron chi connectivity index (χ0n) is 15.3. The summed E-state index contributed by atoms with van der Waals surface area (Å²) in [5, 5.41) is 3.96. The van der Waals surface area contributed by atoms with Crippen molar-refractivity contribution in [3.05, 3.63) is 40.2 Å². The van der Waals surface area contributed by atoms with Crippen LogP contribution in [0.15, 0.2) is 23.1 Å². The number of hydrogen-bond acceptors (Lipinski definition) is 5. The molecule has 1 fully saturated rings. The molecule has 2 heterocycles. The van der Waals surface area contributed by atoms with Crippen LogP contribution in [0.4, 0.5) is 18.9 Å². The number of rotatable bonds is 4. The molecule has 1 saturated heterocycles. The summed E-state index contributed by atoms with van der Waals surface area (Å²) in [6.07, 6.45) is -4.37. The van der Waals surface area contributed by atoms with Crippen LogP contribution in [0.3, 0.4) is 0 Å². The van der Waals surface area contributed by atoms with Crippen LogP contribution in [0.1, 0.15) is 29.4 Å². The van der Waals surface area contributed by atoms with Gasteiger partial charge >= 0.3 is 6.18 Å². The molecule has 1 atom stereocenters. The Kier molecular flexibility index (Phi) is 5.41. The molecule has 0 amide bonds. The predicted molar refractivity (Wildman–Crippen MR) is 101 cm³/mol. The molecule has 2 aromatic rings. The summed E-state index contributed by atoms with van der Waals surface area (Å²) in [6.45, 7) is 2.89. The van der Waals surface area contributed by atoms with Crippen LogP contribution < -0.4 is 4.72 Å². The summed E-state index contributed by atoms with van der Waals surface area (Å²) in [7, 11) is -7.55. The molecule has 0 aliphatic carbocycles. The summed E-state index contributed by atoms with van der Waals surface area (Å²) >= 11 is 5.88. The number of hydrogen-bond donors (Lipinski definition) is 1. The van der Waals surface area contributed by atoms with Gasteiger partial charge in [-0.2, -0.15) is 18.3 Å². The second-order valence-corrected chi connectivity index (χ2v) is 11.1. The third-order valence-corrected chi connectivity index (χ3v) is 8.32.